The fraction of sp³-hybridized carbons (Fsp3) is 0.214. The highest BCUT2D eigenvalue weighted by atomic mass is 16.5. The Labute approximate surface area is 200 Å². The van der Waals surface area contributed by atoms with E-state index in [1.807, 2.05) is 67.7 Å². The average Bonchev–Trinajstić information content (AvgIpc) is 3.21. The predicted molar refractivity (Wildman–Crippen MR) is 136 cm³/mol. The van der Waals surface area contributed by atoms with Crippen LogP contribution in [0.15, 0.2) is 72.8 Å². The number of ether oxygens (including phenoxy) is 2. The van der Waals surface area contributed by atoms with E-state index < -0.39 is 0 Å². The number of fused-ring (bicyclic) bond motifs is 1. The molecule has 3 aromatic carbocycles. The number of anilines is 1. The molecular formula is C28H29N3O3. The van der Waals surface area contributed by atoms with Crippen molar-refractivity contribution in [3.63, 3.8) is 0 Å². The van der Waals surface area contributed by atoms with Gasteiger partial charge in [0.15, 0.2) is 0 Å². The van der Waals surface area contributed by atoms with Crippen molar-refractivity contribution in [2.45, 2.75) is 27.0 Å². The van der Waals surface area contributed by atoms with E-state index in [4.69, 9.17) is 4.74 Å². The smallest absolute Gasteiger partial charge is 0.293 e. The van der Waals surface area contributed by atoms with Gasteiger partial charge < -0.3 is 19.4 Å². The van der Waals surface area contributed by atoms with Crippen LogP contribution in [0.2, 0.25) is 0 Å². The molecule has 0 aliphatic rings. The maximum atomic E-state index is 9.97. The molecule has 0 unspecified atom stereocenters. The van der Waals surface area contributed by atoms with E-state index in [9.17, 15) is 10.1 Å². The summed E-state index contributed by atoms with van der Waals surface area (Å²) in [6.07, 6.45) is 0. The first-order chi connectivity index (χ1) is 16.7. The van der Waals surface area contributed by atoms with Gasteiger partial charge in [-0.05, 0) is 55.3 Å². The van der Waals surface area contributed by atoms with Crippen LogP contribution in [0.1, 0.15) is 25.0 Å². The van der Waals surface area contributed by atoms with Gasteiger partial charge in [0.25, 0.3) is 6.47 Å². The Bertz CT molecular complexity index is 1260. The summed E-state index contributed by atoms with van der Waals surface area (Å²) in [7, 11) is 1.90. The fourth-order valence-corrected chi connectivity index (χ4v) is 3.77. The average molecular weight is 456 g/mol. The number of hydrogen-bond donors (Lipinski definition) is 1. The number of aryl methyl sites for hydroxylation is 1. The van der Waals surface area contributed by atoms with Crippen molar-refractivity contribution in [3.05, 3.63) is 83.9 Å². The third-order valence-corrected chi connectivity index (χ3v) is 5.39. The zero-order valence-corrected chi connectivity index (χ0v) is 19.7. The molecule has 0 bridgehead atoms. The topological polar surface area (TPSA) is 76.3 Å². The Balaban J connectivity index is 0.000000588. The van der Waals surface area contributed by atoms with E-state index in [0.29, 0.717) is 25.2 Å². The summed E-state index contributed by atoms with van der Waals surface area (Å²) in [6.45, 7) is 6.05. The Kier molecular flexibility index (Phi) is 8.70. The molecule has 0 spiro atoms. The molecule has 34 heavy (non-hydrogen) atoms. The van der Waals surface area contributed by atoms with Crippen LogP contribution in [0.4, 0.5) is 5.69 Å². The number of nitrogens with zero attached hydrogens (tertiary/aromatic N) is 2. The fourth-order valence-electron chi connectivity index (χ4n) is 3.77. The summed E-state index contributed by atoms with van der Waals surface area (Å²) in [5.74, 6) is 0.767. The van der Waals surface area contributed by atoms with Crippen molar-refractivity contribution in [2.75, 3.05) is 19.0 Å². The Hall–Kier alpha value is -4.24. The highest BCUT2D eigenvalue weighted by Crippen LogP contribution is 2.36. The van der Waals surface area contributed by atoms with Crippen LogP contribution in [0.3, 0.4) is 0 Å². The molecule has 6 heteroatoms. The third kappa shape index (κ3) is 5.57. The summed E-state index contributed by atoms with van der Waals surface area (Å²) < 4.78 is 12.3. The molecule has 0 aliphatic carbocycles. The first-order valence-corrected chi connectivity index (χ1v) is 11.2. The Morgan fingerprint density at radius 2 is 1.76 bits per heavy atom. The summed E-state index contributed by atoms with van der Waals surface area (Å²) in [5.41, 5.74) is 5.87. The molecule has 1 heterocycles. The maximum Gasteiger partial charge on any atom is 0.293 e. The normalized spacial score (nSPS) is 10.1. The molecular weight excluding hydrogens is 426 g/mol. The molecule has 1 N–H and O–H groups in total. The van der Waals surface area contributed by atoms with Gasteiger partial charge in [0.05, 0.1) is 23.4 Å². The van der Waals surface area contributed by atoms with Crippen LogP contribution in [0.5, 0.6) is 5.75 Å². The van der Waals surface area contributed by atoms with Gasteiger partial charge in [-0.3, -0.25) is 4.79 Å². The molecule has 6 nitrogen and oxygen atoms in total. The summed E-state index contributed by atoms with van der Waals surface area (Å²) in [4.78, 5) is 9.18. The molecule has 4 rings (SSSR count). The SMILES string of the molecule is CCOC=O.CCn1c(-c2ccc(NC)cc2)c(C#N)c2cc(OCc3ccccc3)ccc21. The van der Waals surface area contributed by atoms with Gasteiger partial charge in [-0.25, -0.2) is 0 Å². The molecule has 0 saturated carbocycles. The number of rotatable bonds is 8. The van der Waals surface area contributed by atoms with Crippen molar-refractivity contribution >= 4 is 23.1 Å². The number of nitrogens with one attached hydrogen (secondary N) is 1. The lowest BCUT2D eigenvalue weighted by molar-refractivity contribution is -0.128. The lowest BCUT2D eigenvalue weighted by atomic mass is 10.1. The number of hydrogen-bond acceptors (Lipinski definition) is 5. The number of carbonyl (C=O) groups excluding carboxylic acids is 1. The molecule has 0 radical (unpaired) electrons. The van der Waals surface area contributed by atoms with Crippen LogP contribution in [0.25, 0.3) is 22.2 Å². The minimum atomic E-state index is 0.431. The van der Waals surface area contributed by atoms with Crippen molar-refractivity contribution in [1.29, 1.82) is 5.26 Å². The quantitative estimate of drug-likeness (QED) is 0.330. The van der Waals surface area contributed by atoms with E-state index in [1.54, 1.807) is 6.92 Å². The molecule has 1 aromatic heterocycles. The van der Waals surface area contributed by atoms with Crippen molar-refractivity contribution in [1.82, 2.24) is 4.57 Å². The second kappa shape index (κ2) is 12.1. The maximum absolute atomic E-state index is 9.97. The van der Waals surface area contributed by atoms with Gasteiger partial charge in [0, 0.05) is 24.7 Å². The molecule has 4 aromatic rings. The highest BCUT2D eigenvalue weighted by Gasteiger charge is 2.18. The molecule has 0 fully saturated rings. The minimum Gasteiger partial charge on any atom is -0.489 e. The van der Waals surface area contributed by atoms with Gasteiger partial charge >= 0.3 is 0 Å². The van der Waals surface area contributed by atoms with Crippen LogP contribution in [-0.4, -0.2) is 24.7 Å². The Morgan fingerprint density at radius 1 is 1.03 bits per heavy atom. The van der Waals surface area contributed by atoms with E-state index in [1.165, 1.54) is 0 Å². The first-order valence-electron chi connectivity index (χ1n) is 11.2. The number of carbonyl (C=O) groups is 1. The van der Waals surface area contributed by atoms with E-state index in [0.717, 1.165) is 45.7 Å². The number of nitriles is 1. The predicted octanol–water partition coefficient (Wildman–Crippen LogP) is 6.00. The van der Waals surface area contributed by atoms with Crippen molar-refractivity contribution in [2.24, 2.45) is 0 Å². The molecule has 0 atom stereocenters. The van der Waals surface area contributed by atoms with Gasteiger partial charge in [0.2, 0.25) is 0 Å². The second-order valence-electron chi connectivity index (χ2n) is 7.41. The summed E-state index contributed by atoms with van der Waals surface area (Å²) in [6, 6.07) is 26.7. The Morgan fingerprint density at radius 3 is 2.32 bits per heavy atom. The second-order valence-corrected chi connectivity index (χ2v) is 7.41. The van der Waals surface area contributed by atoms with Crippen LogP contribution >= 0.6 is 0 Å². The van der Waals surface area contributed by atoms with Crippen LogP contribution in [0, 0.1) is 11.3 Å². The van der Waals surface area contributed by atoms with Gasteiger partial charge in [0.1, 0.15) is 18.4 Å². The zero-order valence-electron chi connectivity index (χ0n) is 19.7. The minimum absolute atomic E-state index is 0.431. The third-order valence-electron chi connectivity index (χ3n) is 5.39. The van der Waals surface area contributed by atoms with Gasteiger partial charge in [-0.15, -0.1) is 0 Å². The van der Waals surface area contributed by atoms with Gasteiger partial charge in [-0.1, -0.05) is 42.5 Å². The zero-order chi connectivity index (χ0) is 24.3. The largest absolute Gasteiger partial charge is 0.489 e. The van der Waals surface area contributed by atoms with Gasteiger partial charge in [-0.2, -0.15) is 5.26 Å². The van der Waals surface area contributed by atoms with Crippen LogP contribution in [-0.2, 0) is 22.7 Å². The summed E-state index contributed by atoms with van der Waals surface area (Å²) in [5, 5.41) is 14.0. The highest BCUT2D eigenvalue weighted by molar-refractivity contribution is 5.95. The molecule has 0 saturated heterocycles. The van der Waals surface area contributed by atoms with Crippen molar-refractivity contribution < 1.29 is 14.3 Å². The lowest BCUT2D eigenvalue weighted by Crippen LogP contribution is -1.98. The number of benzene rings is 3. The van der Waals surface area contributed by atoms with E-state index in [-0.39, 0.29) is 0 Å². The lowest BCUT2D eigenvalue weighted by Gasteiger charge is -2.10. The standard InChI is InChI=1S/C25H23N3O.C3H6O2/c1-3-28-24-14-13-21(29-17-18-7-5-4-6-8-18)15-22(24)23(16-26)25(28)19-9-11-20(27-2)12-10-19;1-2-5-3-4/h4-15,27H,3,17H2,1-2H3;3H,2H2,1H3. The molecule has 0 aliphatic heterocycles. The molecule has 174 valence electrons. The molecule has 0 amide bonds. The van der Waals surface area contributed by atoms with E-state index in [2.05, 4.69) is 39.7 Å². The van der Waals surface area contributed by atoms with E-state index >= 15 is 0 Å². The van der Waals surface area contributed by atoms with Crippen molar-refractivity contribution in [3.8, 4) is 23.1 Å². The monoisotopic (exact) mass is 455 g/mol. The first kappa shape index (κ1) is 24.4. The van der Waals surface area contributed by atoms with Crippen LogP contribution < -0.4 is 10.1 Å². The number of aromatic nitrogens is 1. The summed E-state index contributed by atoms with van der Waals surface area (Å²) >= 11 is 0.